The third-order valence-electron chi connectivity index (χ3n) is 5.61. The molecule has 0 spiro atoms. The van der Waals surface area contributed by atoms with E-state index in [9.17, 15) is 9.59 Å². The number of nitrogens with zero attached hydrogens (tertiary/aromatic N) is 4. The fourth-order valence-corrected chi connectivity index (χ4v) is 3.88. The summed E-state index contributed by atoms with van der Waals surface area (Å²) in [6, 6.07) is 15.2. The number of anilines is 1. The first-order chi connectivity index (χ1) is 17.7. The molecule has 2 amide bonds. The van der Waals surface area contributed by atoms with Gasteiger partial charge in [0.1, 0.15) is 11.4 Å². The van der Waals surface area contributed by atoms with E-state index in [1.165, 1.54) is 0 Å². The van der Waals surface area contributed by atoms with Gasteiger partial charge in [0, 0.05) is 25.2 Å². The highest BCUT2D eigenvalue weighted by atomic mass is 16.6. The van der Waals surface area contributed by atoms with Gasteiger partial charge in [-0.3, -0.25) is 9.20 Å². The number of rotatable bonds is 9. The molecule has 10 nitrogen and oxygen atoms in total. The lowest BCUT2D eigenvalue weighted by Gasteiger charge is -2.19. The van der Waals surface area contributed by atoms with Gasteiger partial charge in [0.2, 0.25) is 5.65 Å². The Morgan fingerprint density at radius 1 is 0.973 bits per heavy atom. The van der Waals surface area contributed by atoms with E-state index in [1.807, 2.05) is 68.5 Å². The van der Waals surface area contributed by atoms with Crippen molar-refractivity contribution >= 4 is 34.5 Å². The number of nitrogens with one attached hydrogen (secondary N) is 3. The molecule has 0 atom stereocenters. The molecule has 194 valence electrons. The second-order valence-corrected chi connectivity index (χ2v) is 9.80. The van der Waals surface area contributed by atoms with E-state index in [-0.39, 0.29) is 5.91 Å². The molecule has 0 aliphatic heterocycles. The molecule has 4 rings (SSSR count). The Balaban J connectivity index is 1.42. The van der Waals surface area contributed by atoms with Gasteiger partial charge in [-0.2, -0.15) is 0 Å². The maximum Gasteiger partial charge on any atom is 0.407 e. The Hall–Kier alpha value is -4.21. The smallest absolute Gasteiger partial charge is 0.407 e. The average molecular weight is 504 g/mol. The van der Waals surface area contributed by atoms with Gasteiger partial charge in [0.15, 0.2) is 5.82 Å². The predicted octanol–water partition coefficient (Wildman–Crippen LogP) is 4.23. The Kier molecular flexibility index (Phi) is 7.86. The molecular weight excluding hydrogens is 470 g/mol. The summed E-state index contributed by atoms with van der Waals surface area (Å²) >= 11 is 0. The lowest BCUT2D eigenvalue weighted by molar-refractivity contribution is 0.0527. The minimum atomic E-state index is -0.516. The van der Waals surface area contributed by atoms with Crippen molar-refractivity contribution in [2.75, 3.05) is 18.4 Å². The van der Waals surface area contributed by atoms with Gasteiger partial charge in [-0.15, -0.1) is 10.2 Å². The van der Waals surface area contributed by atoms with E-state index >= 15 is 0 Å². The van der Waals surface area contributed by atoms with Crippen LogP contribution >= 0.6 is 0 Å². The summed E-state index contributed by atoms with van der Waals surface area (Å²) in [6.07, 6.45) is 1.16. The van der Waals surface area contributed by atoms with E-state index in [1.54, 1.807) is 12.1 Å². The van der Waals surface area contributed by atoms with Crippen LogP contribution in [-0.4, -0.2) is 50.3 Å². The number of unbranched alkanes of at least 4 members (excludes halogenated alkanes) is 1. The zero-order chi connectivity index (χ0) is 26.4. The van der Waals surface area contributed by atoms with Gasteiger partial charge >= 0.3 is 6.09 Å². The van der Waals surface area contributed by atoms with Crippen molar-refractivity contribution in [1.29, 1.82) is 0 Å². The molecule has 0 aliphatic carbocycles. The Bertz CT molecular complexity index is 1390. The number of hydrogen-bond donors (Lipinski definition) is 3. The summed E-state index contributed by atoms with van der Waals surface area (Å²) in [5, 5.41) is 17.6. The maximum atomic E-state index is 12.8. The van der Waals surface area contributed by atoms with Crippen LogP contribution in [0.5, 0.6) is 0 Å². The second-order valence-electron chi connectivity index (χ2n) is 9.80. The van der Waals surface area contributed by atoms with Crippen LogP contribution in [0.1, 0.15) is 55.4 Å². The Morgan fingerprint density at radius 2 is 1.73 bits per heavy atom. The van der Waals surface area contributed by atoms with Gasteiger partial charge in [0.05, 0.1) is 11.0 Å². The number of aryl methyl sites for hydroxylation is 1. The number of alkyl carbamates (subject to hydrolysis) is 1. The molecular formula is C27H33N7O3. The summed E-state index contributed by atoms with van der Waals surface area (Å²) in [6.45, 7) is 8.98. The molecule has 0 saturated heterocycles. The van der Waals surface area contributed by atoms with Crippen LogP contribution in [0, 0.1) is 6.92 Å². The average Bonchev–Trinajstić information content (AvgIpc) is 3.25. The van der Waals surface area contributed by atoms with E-state index in [0.717, 1.165) is 29.7 Å². The molecule has 2 heterocycles. The number of hydrogen-bond acceptors (Lipinski definition) is 7. The highest BCUT2D eigenvalue weighted by molar-refractivity contribution is 5.98. The molecule has 0 unspecified atom stereocenters. The molecule has 2 aromatic carbocycles. The van der Waals surface area contributed by atoms with Crippen molar-refractivity contribution in [3.05, 3.63) is 65.5 Å². The van der Waals surface area contributed by atoms with Crippen LogP contribution in [0.25, 0.3) is 16.7 Å². The number of carbonyl (C=O) groups is 2. The van der Waals surface area contributed by atoms with Crippen LogP contribution < -0.4 is 16.0 Å². The minimum absolute atomic E-state index is 0.167. The maximum absolute atomic E-state index is 12.8. The minimum Gasteiger partial charge on any atom is -0.444 e. The third kappa shape index (κ3) is 6.72. The Morgan fingerprint density at radius 3 is 2.49 bits per heavy atom. The lowest BCUT2D eigenvalue weighted by Crippen LogP contribution is -2.33. The van der Waals surface area contributed by atoms with Crippen molar-refractivity contribution in [2.24, 2.45) is 0 Å². The fourth-order valence-electron chi connectivity index (χ4n) is 3.88. The van der Waals surface area contributed by atoms with Gasteiger partial charge in [-0.25, -0.2) is 9.78 Å². The Labute approximate surface area is 215 Å². The third-order valence-corrected chi connectivity index (χ3v) is 5.61. The number of amides is 2. The fraction of sp³-hybridized carbons (Fsp3) is 0.370. The molecule has 0 fully saturated rings. The van der Waals surface area contributed by atoms with Crippen LogP contribution in [0.15, 0.2) is 48.5 Å². The van der Waals surface area contributed by atoms with E-state index in [0.29, 0.717) is 42.2 Å². The van der Waals surface area contributed by atoms with Gasteiger partial charge < -0.3 is 20.7 Å². The summed E-state index contributed by atoms with van der Waals surface area (Å²) in [7, 11) is 0. The molecule has 2 aromatic heterocycles. The number of aromatic nitrogens is 4. The van der Waals surface area contributed by atoms with Crippen molar-refractivity contribution in [3.8, 4) is 0 Å². The SMILES string of the molecule is Cc1nnc2c(NCCCCNC(=O)OC(C)(C)C)nc3cc(C(=O)NCc4ccccc4)ccc3n12. The topological polar surface area (TPSA) is 123 Å². The number of benzene rings is 2. The quantitative estimate of drug-likeness (QED) is 0.292. The molecule has 0 radical (unpaired) electrons. The van der Waals surface area contributed by atoms with Crippen LogP contribution in [-0.2, 0) is 11.3 Å². The molecule has 0 saturated carbocycles. The molecule has 37 heavy (non-hydrogen) atoms. The zero-order valence-electron chi connectivity index (χ0n) is 21.7. The largest absolute Gasteiger partial charge is 0.444 e. The van der Waals surface area contributed by atoms with Crippen molar-refractivity contribution < 1.29 is 14.3 Å². The summed E-state index contributed by atoms with van der Waals surface area (Å²) in [5.41, 5.74) is 3.15. The first kappa shape index (κ1) is 25.9. The summed E-state index contributed by atoms with van der Waals surface area (Å²) in [5.74, 6) is 1.16. The van der Waals surface area contributed by atoms with E-state index in [4.69, 9.17) is 9.72 Å². The molecule has 3 N–H and O–H groups in total. The normalized spacial score (nSPS) is 11.5. The highest BCUT2D eigenvalue weighted by Crippen LogP contribution is 2.23. The molecule has 0 bridgehead atoms. The number of fused-ring (bicyclic) bond motifs is 3. The van der Waals surface area contributed by atoms with Crippen molar-refractivity contribution in [1.82, 2.24) is 30.2 Å². The summed E-state index contributed by atoms with van der Waals surface area (Å²) in [4.78, 5) is 29.3. The van der Waals surface area contributed by atoms with Crippen LogP contribution in [0.3, 0.4) is 0 Å². The van der Waals surface area contributed by atoms with E-state index < -0.39 is 11.7 Å². The van der Waals surface area contributed by atoms with E-state index in [2.05, 4.69) is 26.1 Å². The summed E-state index contributed by atoms with van der Waals surface area (Å²) < 4.78 is 7.18. The number of ether oxygens (including phenoxy) is 1. The molecule has 10 heteroatoms. The van der Waals surface area contributed by atoms with Gasteiger partial charge in [-0.05, 0) is 64.3 Å². The van der Waals surface area contributed by atoms with Gasteiger partial charge in [-0.1, -0.05) is 30.3 Å². The van der Waals surface area contributed by atoms with Crippen LogP contribution in [0.4, 0.5) is 10.6 Å². The first-order valence-electron chi connectivity index (χ1n) is 12.4. The van der Waals surface area contributed by atoms with Crippen molar-refractivity contribution in [3.63, 3.8) is 0 Å². The highest BCUT2D eigenvalue weighted by Gasteiger charge is 2.16. The molecule has 0 aliphatic rings. The van der Waals surface area contributed by atoms with Crippen molar-refractivity contribution in [2.45, 2.75) is 52.7 Å². The van der Waals surface area contributed by atoms with Gasteiger partial charge in [0.25, 0.3) is 5.91 Å². The standard InChI is InChI=1S/C27H33N7O3/c1-18-32-33-24-23(28-14-8-9-15-29-26(36)37-27(2,3)4)31-21-16-20(12-13-22(21)34(18)24)25(35)30-17-19-10-6-5-7-11-19/h5-7,10-13,16H,8-9,14-15,17H2,1-4H3,(H,28,31)(H,29,36)(H,30,35). The van der Waals surface area contributed by atoms with Crippen LogP contribution in [0.2, 0.25) is 0 Å². The molecule has 4 aromatic rings. The zero-order valence-corrected chi connectivity index (χ0v) is 21.7. The number of carbonyl (C=O) groups excluding carboxylic acids is 2. The second kappa shape index (κ2) is 11.2. The predicted molar refractivity (Wildman–Crippen MR) is 143 cm³/mol. The monoisotopic (exact) mass is 503 g/mol. The first-order valence-corrected chi connectivity index (χ1v) is 12.4. The lowest BCUT2D eigenvalue weighted by atomic mass is 10.1.